The summed E-state index contributed by atoms with van der Waals surface area (Å²) >= 11 is 3.45. The molecule has 0 spiro atoms. The van der Waals surface area contributed by atoms with E-state index in [-0.39, 0.29) is 11.7 Å². The molecule has 2 saturated heterocycles. The van der Waals surface area contributed by atoms with E-state index in [1.807, 2.05) is 35.2 Å². The number of cyclic esters (lactones) is 1. The number of hydrogen-bond donors (Lipinski definition) is 0. The molecular weight excluding hydrogens is 406 g/mol. The lowest BCUT2D eigenvalue weighted by atomic mass is 9.81. The lowest BCUT2D eigenvalue weighted by Gasteiger charge is -2.42. The zero-order chi connectivity index (χ0) is 18.9. The highest BCUT2D eigenvalue weighted by Gasteiger charge is 2.52. The fraction of sp³-hybridized carbons (Fsp3) is 0.409. The molecule has 2 atom stereocenters. The highest BCUT2D eigenvalue weighted by atomic mass is 79.9. The summed E-state index contributed by atoms with van der Waals surface area (Å²) in [6.45, 7) is 4.18. The van der Waals surface area contributed by atoms with Crippen LogP contribution in [0.2, 0.25) is 0 Å². The first-order valence-electron chi connectivity index (χ1n) is 9.40. The number of carbonyl (C=O) groups is 1. The van der Waals surface area contributed by atoms with Crippen LogP contribution in [0.1, 0.15) is 30.9 Å². The topological polar surface area (TPSA) is 42.1 Å². The molecular formula is C22H24BrNO3. The highest BCUT2D eigenvalue weighted by Crippen LogP contribution is 2.45. The Labute approximate surface area is 168 Å². The smallest absolute Gasteiger partial charge is 0.410 e. The second-order valence-electron chi connectivity index (χ2n) is 7.76. The van der Waals surface area contributed by atoms with E-state index in [1.165, 1.54) is 5.56 Å². The quantitative estimate of drug-likeness (QED) is 0.612. The molecule has 5 heteroatoms. The number of hydrogen-bond acceptors (Lipinski definition) is 3. The molecule has 27 heavy (non-hydrogen) atoms. The molecule has 2 heterocycles. The minimum atomic E-state index is -0.599. The summed E-state index contributed by atoms with van der Waals surface area (Å²) in [7, 11) is 0. The van der Waals surface area contributed by atoms with Gasteiger partial charge in [0.15, 0.2) is 0 Å². The van der Waals surface area contributed by atoms with E-state index in [2.05, 4.69) is 47.1 Å². The molecule has 1 amide bonds. The van der Waals surface area contributed by atoms with Gasteiger partial charge >= 0.3 is 6.09 Å². The van der Waals surface area contributed by atoms with Crippen LogP contribution >= 0.6 is 15.9 Å². The molecule has 142 valence electrons. The fourth-order valence-corrected chi connectivity index (χ4v) is 4.07. The summed E-state index contributed by atoms with van der Waals surface area (Å²) in [6.07, 6.45) is 2.08. The Bertz CT molecular complexity index is 804. The average molecular weight is 430 g/mol. The maximum absolute atomic E-state index is 12.8. The van der Waals surface area contributed by atoms with E-state index < -0.39 is 5.60 Å². The normalized spacial score (nSPS) is 27.3. The Morgan fingerprint density at radius 3 is 2.44 bits per heavy atom. The van der Waals surface area contributed by atoms with Crippen molar-refractivity contribution in [1.82, 2.24) is 4.90 Å². The van der Waals surface area contributed by atoms with Gasteiger partial charge in [0.1, 0.15) is 5.60 Å². The number of halogens is 1. The van der Waals surface area contributed by atoms with Crippen LogP contribution in [0.25, 0.3) is 0 Å². The second-order valence-corrected chi connectivity index (χ2v) is 8.67. The van der Waals surface area contributed by atoms with E-state index in [4.69, 9.17) is 9.47 Å². The first kappa shape index (κ1) is 18.5. The third kappa shape index (κ3) is 4.19. The number of nitrogens with zero attached hydrogens (tertiary/aromatic N) is 1. The summed E-state index contributed by atoms with van der Waals surface area (Å²) < 4.78 is 12.8. The number of epoxide rings is 1. The number of benzene rings is 2. The largest absolute Gasteiger partial charge is 0.438 e. The van der Waals surface area contributed by atoms with Crippen LogP contribution in [-0.2, 0) is 21.5 Å². The van der Waals surface area contributed by atoms with Gasteiger partial charge in [0.25, 0.3) is 0 Å². The molecule has 0 unspecified atom stereocenters. The van der Waals surface area contributed by atoms with E-state index in [1.54, 1.807) is 0 Å². The monoisotopic (exact) mass is 429 g/mol. The van der Waals surface area contributed by atoms with Gasteiger partial charge < -0.3 is 14.4 Å². The van der Waals surface area contributed by atoms with Gasteiger partial charge in [0.2, 0.25) is 0 Å². The van der Waals surface area contributed by atoms with E-state index in [9.17, 15) is 4.79 Å². The first-order valence-corrected chi connectivity index (χ1v) is 10.2. The number of ether oxygens (including phenoxy) is 2. The fourth-order valence-electron chi connectivity index (χ4n) is 3.81. The second kappa shape index (κ2) is 7.28. The van der Waals surface area contributed by atoms with Gasteiger partial charge in [0.05, 0.1) is 12.2 Å². The van der Waals surface area contributed by atoms with Crippen LogP contribution in [0.5, 0.6) is 0 Å². The van der Waals surface area contributed by atoms with Crippen molar-refractivity contribution >= 4 is 22.0 Å². The summed E-state index contributed by atoms with van der Waals surface area (Å²) in [5.74, 6) is 0. The van der Waals surface area contributed by atoms with Crippen molar-refractivity contribution in [3.8, 4) is 0 Å². The molecule has 2 aliphatic heterocycles. The predicted molar refractivity (Wildman–Crippen MR) is 108 cm³/mol. The Hall–Kier alpha value is -1.85. The lowest BCUT2D eigenvalue weighted by molar-refractivity contribution is -0.0681. The SMILES string of the molecule is C[C@]1(C[C@]2(c3ccccc3)CCN(CCc3ccc(Br)cc3)C(=O)O2)CO1. The van der Waals surface area contributed by atoms with E-state index in [0.717, 1.165) is 29.5 Å². The highest BCUT2D eigenvalue weighted by molar-refractivity contribution is 9.10. The van der Waals surface area contributed by atoms with Crippen LogP contribution in [0.3, 0.4) is 0 Å². The van der Waals surface area contributed by atoms with Crippen LogP contribution in [0, 0.1) is 0 Å². The summed E-state index contributed by atoms with van der Waals surface area (Å²) in [6, 6.07) is 18.3. The predicted octanol–water partition coefficient (Wildman–Crippen LogP) is 4.91. The Morgan fingerprint density at radius 1 is 1.11 bits per heavy atom. The van der Waals surface area contributed by atoms with Crippen molar-refractivity contribution in [1.29, 1.82) is 0 Å². The van der Waals surface area contributed by atoms with Gasteiger partial charge in [-0.2, -0.15) is 0 Å². The van der Waals surface area contributed by atoms with Gasteiger partial charge in [-0.3, -0.25) is 0 Å². The zero-order valence-corrected chi connectivity index (χ0v) is 17.1. The maximum atomic E-state index is 12.8. The molecule has 0 bridgehead atoms. The van der Waals surface area contributed by atoms with Gasteiger partial charge in [0, 0.05) is 30.4 Å². The molecule has 2 fully saturated rings. The number of rotatable bonds is 6. The first-order chi connectivity index (χ1) is 13.0. The molecule has 0 aliphatic carbocycles. The molecule has 0 N–H and O–H groups in total. The molecule has 0 radical (unpaired) electrons. The average Bonchev–Trinajstić information content (AvgIpc) is 3.39. The van der Waals surface area contributed by atoms with Crippen molar-refractivity contribution in [3.63, 3.8) is 0 Å². The maximum Gasteiger partial charge on any atom is 0.410 e. The van der Waals surface area contributed by atoms with Crippen LogP contribution in [-0.4, -0.2) is 36.3 Å². The molecule has 0 aromatic heterocycles. The van der Waals surface area contributed by atoms with Crippen molar-refractivity contribution < 1.29 is 14.3 Å². The molecule has 0 saturated carbocycles. The standard InChI is InChI=1S/C22H24BrNO3/c1-21(16-26-21)15-22(18-5-3-2-4-6-18)12-14-24(20(25)27-22)13-11-17-7-9-19(23)10-8-17/h2-10H,11-16H2,1H3/t21-,22-/m0/s1. The Kier molecular flexibility index (Phi) is 4.99. The molecule has 4 rings (SSSR count). The number of amides is 1. The minimum Gasteiger partial charge on any atom is -0.438 e. The summed E-state index contributed by atoms with van der Waals surface area (Å²) in [5, 5.41) is 0. The number of carbonyl (C=O) groups excluding carboxylic acids is 1. The van der Waals surface area contributed by atoms with Crippen molar-refractivity contribution in [2.75, 3.05) is 19.7 Å². The molecule has 2 aromatic rings. The molecule has 4 nitrogen and oxygen atoms in total. The van der Waals surface area contributed by atoms with E-state index >= 15 is 0 Å². The lowest BCUT2D eigenvalue weighted by Crippen LogP contribution is -2.50. The Balaban J connectivity index is 1.46. The van der Waals surface area contributed by atoms with Crippen molar-refractivity contribution in [3.05, 3.63) is 70.2 Å². The van der Waals surface area contributed by atoms with Crippen molar-refractivity contribution in [2.45, 2.75) is 37.4 Å². The van der Waals surface area contributed by atoms with E-state index in [0.29, 0.717) is 19.5 Å². The molecule has 2 aromatic carbocycles. The van der Waals surface area contributed by atoms with Gasteiger partial charge in [-0.05, 0) is 36.6 Å². The van der Waals surface area contributed by atoms with Crippen LogP contribution in [0.4, 0.5) is 4.79 Å². The van der Waals surface area contributed by atoms with Gasteiger partial charge in [-0.25, -0.2) is 4.79 Å². The van der Waals surface area contributed by atoms with Crippen LogP contribution < -0.4 is 0 Å². The van der Waals surface area contributed by atoms with Crippen LogP contribution in [0.15, 0.2) is 59.1 Å². The summed E-state index contributed by atoms with van der Waals surface area (Å²) in [4.78, 5) is 14.6. The summed E-state index contributed by atoms with van der Waals surface area (Å²) in [5.41, 5.74) is 1.49. The zero-order valence-electron chi connectivity index (χ0n) is 15.5. The minimum absolute atomic E-state index is 0.185. The molecule has 2 aliphatic rings. The third-order valence-electron chi connectivity index (χ3n) is 5.51. The van der Waals surface area contributed by atoms with Crippen molar-refractivity contribution in [2.24, 2.45) is 0 Å². The van der Waals surface area contributed by atoms with Gasteiger partial charge in [-0.15, -0.1) is 0 Å². The third-order valence-corrected chi connectivity index (χ3v) is 6.04. The Morgan fingerprint density at radius 2 is 1.81 bits per heavy atom. The van der Waals surface area contributed by atoms with Gasteiger partial charge in [-0.1, -0.05) is 58.4 Å².